The quantitative estimate of drug-likeness (QED) is 0.383. The maximum atomic E-state index is 12.1. The lowest BCUT2D eigenvalue weighted by Gasteiger charge is -2.45. The molecule has 3 aromatic carbocycles. The van der Waals surface area contributed by atoms with Gasteiger partial charge in [0.1, 0.15) is 0 Å². The fourth-order valence-corrected chi connectivity index (χ4v) is 9.19. The Morgan fingerprint density at radius 3 is 1.61 bits per heavy atom. The molecule has 0 amide bonds. The van der Waals surface area contributed by atoms with E-state index in [2.05, 4.69) is 103 Å². The van der Waals surface area contributed by atoms with E-state index in [-0.39, 0.29) is 12.2 Å². The average molecular weight is 388 g/mol. The summed E-state index contributed by atoms with van der Waals surface area (Å²) in [6.07, 6.45) is 2.04. The summed E-state index contributed by atoms with van der Waals surface area (Å²) in [6.45, 7) is 0. The summed E-state index contributed by atoms with van der Waals surface area (Å²) < 4.78 is 8.21. The maximum absolute atomic E-state index is 12.1. The van der Waals surface area contributed by atoms with Crippen molar-refractivity contribution < 1.29 is 9.53 Å². The average Bonchev–Trinajstić information content (AvgIpc) is 2.76. The van der Waals surface area contributed by atoms with Crippen LogP contribution in [0.25, 0.3) is 0 Å². The highest BCUT2D eigenvalue weighted by Gasteiger charge is 2.47. The largest absolute Gasteiger partial charge is 0.447 e. The van der Waals surface area contributed by atoms with E-state index in [9.17, 15) is 4.79 Å². The van der Waals surface area contributed by atoms with Crippen LogP contribution in [-0.2, 0) is 9.53 Å². The van der Waals surface area contributed by atoms with E-state index < -0.39 is 8.24 Å². The lowest BCUT2D eigenvalue weighted by molar-refractivity contribution is -0.160. The minimum Gasteiger partial charge on any atom is -0.447 e. The van der Waals surface area contributed by atoms with Crippen molar-refractivity contribution in [1.29, 1.82) is 0 Å². The Balaban J connectivity index is 1.97. The smallest absolute Gasteiger partial charge is 0.307 e. The first-order valence-corrected chi connectivity index (χ1v) is 11.8. The number of hydrogen-bond donors (Lipinski definition) is 0. The van der Waals surface area contributed by atoms with Crippen LogP contribution >= 0.6 is 0 Å². The van der Waals surface area contributed by atoms with Crippen LogP contribution in [0, 0.1) is 0 Å². The van der Waals surface area contributed by atoms with E-state index in [1.54, 1.807) is 0 Å². The van der Waals surface area contributed by atoms with Gasteiger partial charge in [-0.3, -0.25) is 9.36 Å². The monoisotopic (exact) mass is 387 g/mol. The number of ether oxygens (including phenoxy) is 1. The lowest BCUT2D eigenvalue weighted by Crippen LogP contribution is -2.78. The molecular formula is C24H25NO2Si. The second kappa shape index (κ2) is 8.13. The summed E-state index contributed by atoms with van der Waals surface area (Å²) in [5.74, 6) is -0.0971. The van der Waals surface area contributed by atoms with Gasteiger partial charge in [0.05, 0.1) is 0 Å². The zero-order valence-corrected chi connectivity index (χ0v) is 17.1. The summed E-state index contributed by atoms with van der Waals surface area (Å²) in [5, 5.41) is 3.87. The highest BCUT2D eigenvalue weighted by atomic mass is 28.3. The molecule has 142 valence electrons. The molecule has 0 N–H and O–H groups in total. The Hall–Kier alpha value is -2.69. The SMILES string of the molecule is CN(C1CCCC(=O)O1)[Si](c1ccccc1)(c1ccccc1)c1ccccc1. The van der Waals surface area contributed by atoms with E-state index in [1.165, 1.54) is 15.6 Å². The summed E-state index contributed by atoms with van der Waals surface area (Å²) in [6, 6.07) is 32.1. The number of carbonyl (C=O) groups excluding carboxylic acids is 1. The molecule has 0 saturated carbocycles. The molecule has 1 saturated heterocycles. The zero-order chi connectivity index (χ0) is 19.4. The van der Waals surface area contributed by atoms with Crippen LogP contribution in [0.1, 0.15) is 19.3 Å². The molecule has 4 heteroatoms. The number of cyclic esters (lactones) is 1. The molecule has 0 spiro atoms. The first kappa shape index (κ1) is 18.7. The first-order chi connectivity index (χ1) is 13.7. The number of hydrogen-bond acceptors (Lipinski definition) is 3. The van der Waals surface area contributed by atoms with Crippen LogP contribution in [0.5, 0.6) is 0 Å². The fraction of sp³-hybridized carbons (Fsp3) is 0.208. The van der Waals surface area contributed by atoms with Gasteiger partial charge >= 0.3 is 5.97 Å². The normalized spacial score (nSPS) is 17.4. The van der Waals surface area contributed by atoms with Crippen molar-refractivity contribution in [2.45, 2.75) is 25.5 Å². The minimum absolute atomic E-state index is 0.0971. The van der Waals surface area contributed by atoms with Crippen molar-refractivity contribution in [2.75, 3.05) is 7.05 Å². The molecule has 0 aliphatic carbocycles. The molecule has 4 rings (SSSR count). The predicted octanol–water partition coefficient (Wildman–Crippen LogP) is 2.64. The highest BCUT2D eigenvalue weighted by molar-refractivity contribution is 7.09. The Labute approximate surface area is 167 Å². The van der Waals surface area contributed by atoms with Crippen LogP contribution in [0.15, 0.2) is 91.0 Å². The van der Waals surface area contributed by atoms with Crippen molar-refractivity contribution >= 4 is 29.8 Å². The number of rotatable bonds is 5. The minimum atomic E-state index is -2.59. The van der Waals surface area contributed by atoms with Gasteiger partial charge in [-0.2, -0.15) is 0 Å². The Morgan fingerprint density at radius 2 is 1.21 bits per heavy atom. The van der Waals surface area contributed by atoms with Gasteiger partial charge in [-0.1, -0.05) is 91.0 Å². The maximum Gasteiger partial charge on any atom is 0.307 e. The molecule has 1 aliphatic heterocycles. The van der Waals surface area contributed by atoms with Gasteiger partial charge in [0.15, 0.2) is 6.23 Å². The molecule has 1 atom stereocenters. The fourth-order valence-electron chi connectivity index (χ4n) is 4.33. The third-order valence-corrected chi connectivity index (χ3v) is 10.5. The Bertz CT molecular complexity index is 818. The molecule has 0 radical (unpaired) electrons. The second-order valence-electron chi connectivity index (χ2n) is 7.26. The summed E-state index contributed by atoms with van der Waals surface area (Å²) in [5.41, 5.74) is 0. The molecule has 1 unspecified atom stereocenters. The van der Waals surface area contributed by atoms with Crippen molar-refractivity contribution in [2.24, 2.45) is 0 Å². The molecule has 1 aliphatic rings. The first-order valence-electron chi connectivity index (χ1n) is 9.82. The van der Waals surface area contributed by atoms with Crippen molar-refractivity contribution in [3.05, 3.63) is 91.0 Å². The van der Waals surface area contributed by atoms with Crippen molar-refractivity contribution in [3.8, 4) is 0 Å². The molecule has 0 bridgehead atoms. The van der Waals surface area contributed by atoms with Crippen LogP contribution in [-0.4, -0.2) is 32.0 Å². The molecule has 1 heterocycles. The van der Waals surface area contributed by atoms with E-state index in [1.807, 2.05) is 0 Å². The van der Waals surface area contributed by atoms with Gasteiger partial charge in [0.25, 0.3) is 0 Å². The van der Waals surface area contributed by atoms with E-state index in [0.717, 1.165) is 12.8 Å². The molecule has 28 heavy (non-hydrogen) atoms. The van der Waals surface area contributed by atoms with Gasteiger partial charge in [-0.25, -0.2) is 0 Å². The van der Waals surface area contributed by atoms with E-state index in [0.29, 0.717) is 6.42 Å². The van der Waals surface area contributed by atoms with Crippen LogP contribution in [0.3, 0.4) is 0 Å². The van der Waals surface area contributed by atoms with Crippen molar-refractivity contribution in [1.82, 2.24) is 4.57 Å². The number of carbonyl (C=O) groups is 1. The van der Waals surface area contributed by atoms with Crippen LogP contribution < -0.4 is 15.6 Å². The van der Waals surface area contributed by atoms with Gasteiger partial charge in [-0.15, -0.1) is 0 Å². The second-order valence-corrected chi connectivity index (χ2v) is 11.1. The predicted molar refractivity (Wildman–Crippen MR) is 115 cm³/mol. The Morgan fingerprint density at radius 1 is 0.786 bits per heavy atom. The molecule has 1 fully saturated rings. The summed E-state index contributed by atoms with van der Waals surface area (Å²) in [4.78, 5) is 12.1. The number of benzene rings is 3. The topological polar surface area (TPSA) is 29.5 Å². The lowest BCUT2D eigenvalue weighted by atomic mass is 10.2. The van der Waals surface area contributed by atoms with Gasteiger partial charge in [-0.05, 0) is 35.4 Å². The van der Waals surface area contributed by atoms with E-state index >= 15 is 0 Å². The number of nitrogens with zero attached hydrogens (tertiary/aromatic N) is 1. The van der Waals surface area contributed by atoms with Gasteiger partial charge in [0.2, 0.25) is 8.24 Å². The van der Waals surface area contributed by atoms with Gasteiger partial charge in [0, 0.05) is 6.42 Å². The number of esters is 1. The standard InChI is InChI=1S/C24H25NO2Si/c1-25(23-18-11-19-24(26)27-23)28(20-12-5-2-6-13-20,21-14-7-3-8-15-21)22-16-9-4-10-17-22/h2-10,12-17,23H,11,18-19H2,1H3. The highest BCUT2D eigenvalue weighted by Crippen LogP contribution is 2.22. The molecule has 0 aromatic heterocycles. The molecule has 3 aromatic rings. The molecule has 3 nitrogen and oxygen atoms in total. The van der Waals surface area contributed by atoms with Crippen molar-refractivity contribution in [3.63, 3.8) is 0 Å². The molecular weight excluding hydrogens is 362 g/mol. The van der Waals surface area contributed by atoms with Gasteiger partial charge < -0.3 is 4.74 Å². The van der Waals surface area contributed by atoms with E-state index in [4.69, 9.17) is 4.74 Å². The summed E-state index contributed by atoms with van der Waals surface area (Å²) in [7, 11) is -0.461. The van der Waals surface area contributed by atoms with Crippen LogP contribution in [0.4, 0.5) is 0 Å². The Kier molecular flexibility index (Phi) is 5.42. The zero-order valence-electron chi connectivity index (χ0n) is 16.1. The third-order valence-electron chi connectivity index (χ3n) is 5.64. The third kappa shape index (κ3) is 3.30. The summed E-state index contributed by atoms with van der Waals surface area (Å²) >= 11 is 0. The van der Waals surface area contributed by atoms with Crippen LogP contribution in [0.2, 0.25) is 0 Å².